The van der Waals surface area contributed by atoms with Crippen molar-refractivity contribution in [1.82, 2.24) is 20.4 Å². The third-order valence-corrected chi connectivity index (χ3v) is 6.79. The Kier molecular flexibility index (Phi) is 6.70. The van der Waals surface area contributed by atoms with E-state index >= 15 is 0 Å². The van der Waals surface area contributed by atoms with Gasteiger partial charge in [-0.1, -0.05) is 65.6 Å². The molecule has 0 spiro atoms. The van der Waals surface area contributed by atoms with Crippen LogP contribution in [0.15, 0.2) is 57.3 Å². The first-order chi connectivity index (χ1) is 15.0. The number of nitrogens with zero attached hydrogens (tertiary/aromatic N) is 3. The van der Waals surface area contributed by atoms with E-state index in [9.17, 15) is 4.79 Å². The smallest absolute Gasteiger partial charge is 0.287 e. The fourth-order valence-electron chi connectivity index (χ4n) is 3.38. The zero-order valence-electron chi connectivity index (χ0n) is 17.7. The van der Waals surface area contributed by atoms with Gasteiger partial charge in [0.05, 0.1) is 0 Å². The molecule has 8 heteroatoms. The number of benzene rings is 2. The molecule has 1 N–H and O–H groups in total. The van der Waals surface area contributed by atoms with Crippen LogP contribution in [0.4, 0.5) is 0 Å². The molecular weight excluding hydrogens is 428 g/mol. The van der Waals surface area contributed by atoms with Crippen molar-refractivity contribution in [3.63, 3.8) is 0 Å². The minimum absolute atomic E-state index is 0.208. The largest absolute Gasteiger partial charge is 0.451 e. The summed E-state index contributed by atoms with van der Waals surface area (Å²) in [5.74, 6) is 0.742. The van der Waals surface area contributed by atoms with Gasteiger partial charge in [-0.25, -0.2) is 0 Å². The van der Waals surface area contributed by atoms with Crippen molar-refractivity contribution in [1.29, 1.82) is 0 Å². The molecule has 0 saturated heterocycles. The number of fused-ring (bicyclic) bond motifs is 1. The summed E-state index contributed by atoms with van der Waals surface area (Å²) in [4.78, 5) is 15.2. The number of aromatic nitrogens is 2. The number of carbonyl (C=O) groups is 1. The minimum Gasteiger partial charge on any atom is -0.451 e. The Morgan fingerprint density at radius 2 is 1.84 bits per heavy atom. The van der Waals surface area contributed by atoms with Crippen molar-refractivity contribution >= 4 is 40.0 Å². The molecule has 4 aromatic rings. The summed E-state index contributed by atoms with van der Waals surface area (Å²) in [5, 5.41) is 13.2. The standard InChI is InChI=1S/C23H24N4O2S2/c1-15-25-26-23(31-15)30-14-19-18-10-6-7-11-20(18)29-21(19)22(28)24-12-16-8-4-5-9-17(16)13-27(2)3/h4-11H,12-14H2,1-3H3,(H,24,28). The molecule has 0 atom stereocenters. The molecule has 0 aliphatic rings. The minimum atomic E-state index is -0.208. The van der Waals surface area contributed by atoms with Crippen LogP contribution in [0.1, 0.15) is 32.3 Å². The van der Waals surface area contributed by atoms with E-state index < -0.39 is 0 Å². The van der Waals surface area contributed by atoms with Gasteiger partial charge in [0.2, 0.25) is 0 Å². The first-order valence-corrected chi connectivity index (χ1v) is 11.7. The average Bonchev–Trinajstić information content (AvgIpc) is 3.34. The van der Waals surface area contributed by atoms with E-state index in [-0.39, 0.29) is 5.91 Å². The van der Waals surface area contributed by atoms with E-state index in [4.69, 9.17) is 4.42 Å². The Labute approximate surface area is 189 Å². The highest BCUT2D eigenvalue weighted by molar-refractivity contribution is 8.00. The summed E-state index contributed by atoms with van der Waals surface area (Å²) in [6.07, 6.45) is 0. The maximum Gasteiger partial charge on any atom is 0.287 e. The lowest BCUT2D eigenvalue weighted by molar-refractivity contribution is 0.0924. The third-order valence-electron chi connectivity index (χ3n) is 4.80. The number of para-hydroxylation sites is 1. The normalized spacial score (nSPS) is 11.4. The summed E-state index contributed by atoms with van der Waals surface area (Å²) in [5.41, 5.74) is 3.89. The number of aryl methyl sites for hydroxylation is 1. The van der Waals surface area contributed by atoms with Crippen LogP contribution >= 0.6 is 23.1 Å². The number of rotatable bonds is 8. The second-order valence-corrected chi connectivity index (χ2v) is 9.87. The fraction of sp³-hybridized carbons (Fsp3) is 0.261. The molecule has 0 radical (unpaired) electrons. The number of thioether (sulfide) groups is 1. The van der Waals surface area contributed by atoms with E-state index in [1.54, 1.807) is 23.1 Å². The van der Waals surface area contributed by atoms with Gasteiger partial charge in [0, 0.05) is 29.8 Å². The highest BCUT2D eigenvalue weighted by Gasteiger charge is 2.21. The van der Waals surface area contributed by atoms with E-state index in [1.165, 1.54) is 5.56 Å². The second kappa shape index (κ2) is 9.64. The SMILES string of the molecule is Cc1nnc(SCc2c(C(=O)NCc3ccccc3CN(C)C)oc3ccccc23)s1. The predicted octanol–water partition coefficient (Wildman–Crippen LogP) is 4.88. The monoisotopic (exact) mass is 452 g/mol. The molecule has 0 bridgehead atoms. The van der Waals surface area contributed by atoms with Gasteiger partial charge in [0.1, 0.15) is 10.6 Å². The van der Waals surface area contributed by atoms with Crippen molar-refractivity contribution in [3.8, 4) is 0 Å². The number of nitrogens with one attached hydrogen (secondary N) is 1. The van der Waals surface area contributed by atoms with Crippen molar-refractivity contribution in [2.75, 3.05) is 14.1 Å². The maximum absolute atomic E-state index is 13.1. The quantitative estimate of drug-likeness (QED) is 0.384. The van der Waals surface area contributed by atoms with Gasteiger partial charge >= 0.3 is 0 Å². The van der Waals surface area contributed by atoms with Gasteiger partial charge in [-0.2, -0.15) is 0 Å². The molecule has 1 amide bonds. The van der Waals surface area contributed by atoms with Crippen molar-refractivity contribution < 1.29 is 9.21 Å². The van der Waals surface area contributed by atoms with Crippen LogP contribution in [-0.2, 0) is 18.8 Å². The molecule has 2 heterocycles. The molecule has 0 unspecified atom stereocenters. The van der Waals surface area contributed by atoms with Crippen molar-refractivity contribution in [2.24, 2.45) is 0 Å². The van der Waals surface area contributed by atoms with Gasteiger partial charge in [0.25, 0.3) is 5.91 Å². The van der Waals surface area contributed by atoms with Gasteiger partial charge in [-0.3, -0.25) is 4.79 Å². The number of amides is 1. The van der Waals surface area contributed by atoms with Crippen LogP contribution in [0.25, 0.3) is 11.0 Å². The Hall–Kier alpha value is -2.68. The Balaban J connectivity index is 1.55. The molecule has 0 aliphatic carbocycles. The summed E-state index contributed by atoms with van der Waals surface area (Å²) >= 11 is 3.12. The Morgan fingerprint density at radius 1 is 1.10 bits per heavy atom. The van der Waals surface area contributed by atoms with Gasteiger partial charge in [-0.05, 0) is 38.2 Å². The summed E-state index contributed by atoms with van der Waals surface area (Å²) < 4.78 is 6.85. The first-order valence-electron chi connectivity index (χ1n) is 9.94. The van der Waals surface area contributed by atoms with Crippen LogP contribution in [0.5, 0.6) is 0 Å². The molecule has 31 heavy (non-hydrogen) atoms. The lowest BCUT2D eigenvalue weighted by Crippen LogP contribution is -2.24. The number of furan rings is 1. The van der Waals surface area contributed by atoms with Crippen LogP contribution in [0.2, 0.25) is 0 Å². The maximum atomic E-state index is 13.1. The molecule has 0 fully saturated rings. The van der Waals surface area contributed by atoms with Gasteiger partial charge < -0.3 is 14.6 Å². The molecule has 4 rings (SSSR count). The molecular formula is C23H24N4O2S2. The van der Waals surface area contributed by atoms with Crippen LogP contribution < -0.4 is 5.32 Å². The van der Waals surface area contributed by atoms with E-state index in [0.29, 0.717) is 23.6 Å². The highest BCUT2D eigenvalue weighted by atomic mass is 32.2. The molecule has 160 valence electrons. The van der Waals surface area contributed by atoms with Crippen LogP contribution in [0.3, 0.4) is 0 Å². The average molecular weight is 453 g/mol. The molecule has 0 aliphatic heterocycles. The zero-order valence-corrected chi connectivity index (χ0v) is 19.3. The first kappa shape index (κ1) is 21.5. The van der Waals surface area contributed by atoms with Crippen molar-refractivity contribution in [2.45, 2.75) is 30.1 Å². The number of hydrogen-bond acceptors (Lipinski definition) is 7. The van der Waals surface area contributed by atoms with Crippen LogP contribution in [-0.4, -0.2) is 35.1 Å². The third kappa shape index (κ3) is 5.15. The molecule has 2 aromatic carbocycles. The highest BCUT2D eigenvalue weighted by Crippen LogP contribution is 2.33. The summed E-state index contributed by atoms with van der Waals surface area (Å²) in [7, 11) is 4.07. The Bertz CT molecular complexity index is 1200. The second-order valence-electron chi connectivity index (χ2n) is 7.47. The summed E-state index contributed by atoms with van der Waals surface area (Å²) in [6, 6.07) is 15.9. The molecule has 0 saturated carbocycles. The number of carbonyl (C=O) groups excluding carboxylic acids is 1. The zero-order chi connectivity index (χ0) is 21.8. The number of hydrogen-bond donors (Lipinski definition) is 1. The molecule has 6 nitrogen and oxygen atoms in total. The lowest BCUT2D eigenvalue weighted by atomic mass is 10.1. The Morgan fingerprint density at radius 3 is 2.58 bits per heavy atom. The van der Waals surface area contributed by atoms with E-state index in [1.807, 2.05) is 63.5 Å². The van der Waals surface area contributed by atoms with Gasteiger partial charge in [0.15, 0.2) is 10.1 Å². The van der Waals surface area contributed by atoms with Crippen LogP contribution in [0, 0.1) is 6.92 Å². The van der Waals surface area contributed by atoms with E-state index in [2.05, 4.69) is 26.5 Å². The van der Waals surface area contributed by atoms with E-state index in [0.717, 1.165) is 32.4 Å². The summed E-state index contributed by atoms with van der Waals surface area (Å²) in [6.45, 7) is 3.20. The topological polar surface area (TPSA) is 71.3 Å². The lowest BCUT2D eigenvalue weighted by Gasteiger charge is -2.14. The predicted molar refractivity (Wildman–Crippen MR) is 125 cm³/mol. The molecule has 2 aromatic heterocycles. The van der Waals surface area contributed by atoms with Gasteiger partial charge in [-0.15, -0.1) is 10.2 Å². The fourth-order valence-corrected chi connectivity index (χ4v) is 5.22. The van der Waals surface area contributed by atoms with Crippen molar-refractivity contribution in [3.05, 3.63) is 76.0 Å².